The van der Waals surface area contributed by atoms with Gasteiger partial charge in [0.1, 0.15) is 9.71 Å². The minimum absolute atomic E-state index is 0.0380. The maximum Gasteiger partial charge on any atom is 0.263 e. The number of methoxy groups -OCH3 is 1. The van der Waals surface area contributed by atoms with Crippen molar-refractivity contribution in [2.45, 2.75) is 44.4 Å². The summed E-state index contributed by atoms with van der Waals surface area (Å²) in [5.41, 5.74) is 17.7. The molecule has 1 aliphatic heterocycles. The first-order valence-corrected chi connectivity index (χ1v) is 11.9. The van der Waals surface area contributed by atoms with Crippen molar-refractivity contribution in [2.75, 3.05) is 30.8 Å². The number of benzene rings is 1. The van der Waals surface area contributed by atoms with Crippen molar-refractivity contribution in [3.63, 3.8) is 0 Å². The van der Waals surface area contributed by atoms with E-state index in [0.717, 1.165) is 48.3 Å². The molecule has 0 unspecified atom stereocenters. The molecule has 3 heterocycles. The van der Waals surface area contributed by atoms with Crippen molar-refractivity contribution in [3.05, 3.63) is 52.0 Å². The third-order valence-electron chi connectivity index (χ3n) is 6.67. The van der Waals surface area contributed by atoms with Gasteiger partial charge in [-0.15, -0.1) is 11.3 Å². The molecule has 1 saturated heterocycles. The van der Waals surface area contributed by atoms with E-state index in [-0.39, 0.29) is 24.1 Å². The van der Waals surface area contributed by atoms with E-state index in [9.17, 15) is 4.79 Å². The maximum absolute atomic E-state index is 13.0. The van der Waals surface area contributed by atoms with Crippen LogP contribution in [0.5, 0.6) is 0 Å². The van der Waals surface area contributed by atoms with Gasteiger partial charge in [0, 0.05) is 43.0 Å². The quantitative estimate of drug-likeness (QED) is 0.563. The van der Waals surface area contributed by atoms with Crippen LogP contribution >= 0.6 is 11.3 Å². The zero-order valence-electron chi connectivity index (χ0n) is 18.4. The highest BCUT2D eigenvalue weighted by atomic mass is 32.1. The molecule has 168 valence electrons. The Kier molecular flexibility index (Phi) is 5.53. The molecular formula is C24H29N5O2S. The number of pyridine rings is 1. The van der Waals surface area contributed by atoms with Gasteiger partial charge in [-0.25, -0.2) is 4.98 Å². The molecule has 0 saturated carbocycles. The van der Waals surface area contributed by atoms with E-state index in [1.54, 1.807) is 7.11 Å². The Morgan fingerprint density at radius 3 is 2.88 bits per heavy atom. The second-order valence-corrected chi connectivity index (χ2v) is 9.86. The maximum atomic E-state index is 13.0. The molecule has 1 fully saturated rings. The number of rotatable bonds is 4. The van der Waals surface area contributed by atoms with Crippen LogP contribution in [0.25, 0.3) is 10.2 Å². The van der Waals surface area contributed by atoms with E-state index in [1.807, 2.05) is 19.1 Å². The van der Waals surface area contributed by atoms with E-state index < -0.39 is 0 Å². The Bertz CT molecular complexity index is 1180. The Morgan fingerprint density at radius 2 is 2.09 bits per heavy atom. The predicted molar refractivity (Wildman–Crippen MR) is 129 cm³/mol. The summed E-state index contributed by atoms with van der Waals surface area (Å²) >= 11 is 1.36. The topological polar surface area (TPSA) is 106 Å². The van der Waals surface area contributed by atoms with Crippen LogP contribution in [0.15, 0.2) is 30.3 Å². The molecule has 2 aliphatic rings. The third-order valence-corrected chi connectivity index (χ3v) is 7.78. The average Bonchev–Trinajstić information content (AvgIpc) is 3.32. The number of nitrogens with one attached hydrogen (secondary N) is 1. The van der Waals surface area contributed by atoms with Crippen LogP contribution in [0, 0.1) is 6.92 Å². The Morgan fingerprint density at radius 1 is 1.25 bits per heavy atom. The lowest BCUT2D eigenvalue weighted by Gasteiger charge is -2.27. The fourth-order valence-corrected chi connectivity index (χ4v) is 5.87. The van der Waals surface area contributed by atoms with Crippen LogP contribution in [0.3, 0.4) is 0 Å². The summed E-state index contributed by atoms with van der Waals surface area (Å²) in [6.45, 7) is 3.56. The molecule has 32 heavy (non-hydrogen) atoms. The first kappa shape index (κ1) is 21.2. The molecule has 1 aliphatic carbocycles. The van der Waals surface area contributed by atoms with E-state index in [4.69, 9.17) is 16.2 Å². The second-order valence-electron chi connectivity index (χ2n) is 8.86. The van der Waals surface area contributed by atoms with Crippen LogP contribution in [-0.4, -0.2) is 49.3 Å². The highest BCUT2D eigenvalue weighted by molar-refractivity contribution is 7.21. The van der Waals surface area contributed by atoms with Gasteiger partial charge < -0.3 is 26.4 Å². The number of anilines is 2. The highest BCUT2D eigenvalue weighted by Gasteiger charge is 2.31. The van der Waals surface area contributed by atoms with Crippen LogP contribution in [0.1, 0.15) is 32.9 Å². The number of hydrogen-bond donors (Lipinski definition) is 3. The van der Waals surface area contributed by atoms with Crippen molar-refractivity contribution in [3.8, 4) is 0 Å². The van der Waals surface area contributed by atoms with Gasteiger partial charge in [0.15, 0.2) is 0 Å². The summed E-state index contributed by atoms with van der Waals surface area (Å²) in [6, 6.07) is 10.6. The number of aromatic nitrogens is 1. The summed E-state index contributed by atoms with van der Waals surface area (Å²) in [7, 11) is 1.72. The summed E-state index contributed by atoms with van der Waals surface area (Å²) in [4.78, 5) is 21.2. The fraction of sp³-hybridized carbons (Fsp3) is 0.417. The smallest absolute Gasteiger partial charge is 0.263 e. The van der Waals surface area contributed by atoms with Crippen LogP contribution in [0.2, 0.25) is 0 Å². The lowest BCUT2D eigenvalue weighted by atomic mass is 9.87. The molecule has 2 aromatic heterocycles. The lowest BCUT2D eigenvalue weighted by Crippen LogP contribution is -2.38. The molecule has 0 radical (unpaired) electrons. The molecule has 3 atom stereocenters. The number of ether oxygens (including phenoxy) is 1. The van der Waals surface area contributed by atoms with Crippen molar-refractivity contribution in [1.82, 2.24) is 10.3 Å². The van der Waals surface area contributed by atoms with Gasteiger partial charge in [-0.1, -0.05) is 6.07 Å². The first-order valence-electron chi connectivity index (χ1n) is 11.0. The van der Waals surface area contributed by atoms with Gasteiger partial charge in [0.25, 0.3) is 5.91 Å². The SMILES string of the molecule is CO[C@@H]1CN(c2ccc3c(c2)CC[C@H](NC(=O)c2sc4nc(C)ccc4c2N)C3)C[C@@H]1N. The minimum Gasteiger partial charge on any atom is -0.397 e. The van der Waals surface area contributed by atoms with Crippen molar-refractivity contribution in [1.29, 1.82) is 0 Å². The summed E-state index contributed by atoms with van der Waals surface area (Å²) in [5.74, 6) is -0.107. The number of aryl methyl sites for hydroxylation is 2. The number of thiophene rings is 1. The van der Waals surface area contributed by atoms with Crippen LogP contribution < -0.4 is 21.7 Å². The minimum atomic E-state index is -0.107. The lowest BCUT2D eigenvalue weighted by molar-refractivity contribution is 0.0938. The molecule has 7 nitrogen and oxygen atoms in total. The van der Waals surface area contributed by atoms with Gasteiger partial charge in [-0.2, -0.15) is 0 Å². The molecule has 0 spiro atoms. The van der Waals surface area contributed by atoms with Crippen molar-refractivity contribution < 1.29 is 9.53 Å². The number of nitrogens with zero attached hydrogens (tertiary/aromatic N) is 2. The van der Waals surface area contributed by atoms with E-state index in [1.165, 1.54) is 28.2 Å². The van der Waals surface area contributed by atoms with E-state index in [2.05, 4.69) is 33.4 Å². The van der Waals surface area contributed by atoms with Gasteiger partial charge in [0.2, 0.25) is 0 Å². The monoisotopic (exact) mass is 451 g/mol. The molecular weight excluding hydrogens is 422 g/mol. The van der Waals surface area contributed by atoms with Crippen LogP contribution in [0.4, 0.5) is 11.4 Å². The zero-order valence-corrected chi connectivity index (χ0v) is 19.2. The molecule has 0 bridgehead atoms. The number of nitrogens with two attached hydrogens (primary N) is 2. The average molecular weight is 452 g/mol. The third kappa shape index (κ3) is 3.83. The molecule has 5 rings (SSSR count). The number of carbonyl (C=O) groups is 1. The first-order chi connectivity index (χ1) is 15.4. The Hall–Kier alpha value is -2.68. The zero-order chi connectivity index (χ0) is 22.4. The largest absolute Gasteiger partial charge is 0.397 e. The second kappa shape index (κ2) is 8.35. The molecule has 1 aromatic carbocycles. The Balaban J connectivity index is 1.28. The molecule has 8 heteroatoms. The number of carbonyl (C=O) groups excluding carboxylic acids is 1. The summed E-state index contributed by atoms with van der Waals surface area (Å²) < 4.78 is 5.49. The van der Waals surface area contributed by atoms with Gasteiger partial charge in [-0.3, -0.25) is 4.79 Å². The standard InChI is InChI=1S/C24H29N5O2S/c1-13-3-8-18-21(26)22(32-24(18)27-13)23(30)28-16-6-4-15-10-17(7-5-14(15)9-16)29-11-19(25)20(12-29)31-2/h3,5,7-8,10,16,19-20H,4,6,9,11-12,25-26H2,1-2H3,(H,28,30)/t16-,19-,20+/m0/s1. The normalized spacial score (nSPS) is 22.8. The number of amides is 1. The van der Waals surface area contributed by atoms with Crippen molar-refractivity contribution >= 4 is 38.8 Å². The number of nitrogen functional groups attached to an aromatic ring is 1. The molecule has 5 N–H and O–H groups in total. The van der Waals surface area contributed by atoms with Gasteiger partial charge in [-0.05, 0) is 61.6 Å². The molecule has 3 aromatic rings. The van der Waals surface area contributed by atoms with E-state index in [0.29, 0.717) is 10.6 Å². The predicted octanol–water partition coefficient (Wildman–Crippen LogP) is 2.64. The summed E-state index contributed by atoms with van der Waals surface area (Å²) in [6.07, 6.45) is 2.74. The Labute approximate surface area is 191 Å². The number of fused-ring (bicyclic) bond motifs is 2. The number of hydrogen-bond acceptors (Lipinski definition) is 7. The summed E-state index contributed by atoms with van der Waals surface area (Å²) in [5, 5.41) is 4.05. The van der Waals surface area contributed by atoms with E-state index >= 15 is 0 Å². The fourth-order valence-electron chi connectivity index (χ4n) is 4.83. The van der Waals surface area contributed by atoms with Gasteiger partial charge in [0.05, 0.1) is 17.8 Å². The highest BCUT2D eigenvalue weighted by Crippen LogP contribution is 2.33. The van der Waals surface area contributed by atoms with Crippen molar-refractivity contribution in [2.24, 2.45) is 5.73 Å². The van der Waals surface area contributed by atoms with Crippen LogP contribution in [-0.2, 0) is 17.6 Å². The van der Waals surface area contributed by atoms with Gasteiger partial charge >= 0.3 is 0 Å². The molecule has 1 amide bonds.